The molecular weight excluding hydrogens is 420 g/mol. The summed E-state index contributed by atoms with van der Waals surface area (Å²) < 4.78 is 31.7. The molecule has 1 atom stereocenters. The van der Waals surface area contributed by atoms with E-state index in [9.17, 15) is 23.6 Å². The van der Waals surface area contributed by atoms with Crippen molar-refractivity contribution < 1.29 is 23.1 Å². The van der Waals surface area contributed by atoms with Crippen LogP contribution in [0.3, 0.4) is 0 Å². The van der Waals surface area contributed by atoms with Crippen LogP contribution in [0, 0.1) is 11.3 Å². The van der Waals surface area contributed by atoms with Crippen molar-refractivity contribution in [2.24, 2.45) is 0 Å². The normalized spacial score (nSPS) is 15.6. The van der Waals surface area contributed by atoms with Crippen molar-refractivity contribution in [1.29, 1.82) is 5.26 Å². The molecule has 1 aromatic carbocycles. The summed E-state index contributed by atoms with van der Waals surface area (Å²) >= 11 is 0. The number of rotatable bonds is 4. The van der Waals surface area contributed by atoms with Crippen LogP contribution in [0.4, 0.5) is 25.1 Å². The third-order valence-corrected chi connectivity index (χ3v) is 4.55. The van der Waals surface area contributed by atoms with E-state index in [1.165, 1.54) is 36.1 Å². The third kappa shape index (κ3) is 5.11. The van der Waals surface area contributed by atoms with Gasteiger partial charge in [0.05, 0.1) is 12.1 Å². The van der Waals surface area contributed by atoms with E-state index in [-0.39, 0.29) is 35.1 Å². The number of pyridine rings is 1. The minimum absolute atomic E-state index is 0.00999. The molecule has 0 spiro atoms. The number of benzene rings is 1. The molecule has 2 N–H and O–H groups in total. The molecule has 3 rings (SSSR count). The van der Waals surface area contributed by atoms with Crippen molar-refractivity contribution in [2.45, 2.75) is 52.3 Å². The number of urea groups is 1. The molecule has 10 heteroatoms. The molecule has 0 saturated carbocycles. The van der Waals surface area contributed by atoms with Gasteiger partial charge in [0.2, 0.25) is 5.88 Å². The predicted molar refractivity (Wildman–Crippen MR) is 114 cm³/mol. The van der Waals surface area contributed by atoms with Crippen molar-refractivity contribution in [3.05, 3.63) is 47.0 Å². The van der Waals surface area contributed by atoms with Gasteiger partial charge in [0, 0.05) is 11.1 Å². The van der Waals surface area contributed by atoms with Gasteiger partial charge in [-0.3, -0.25) is 15.0 Å². The summed E-state index contributed by atoms with van der Waals surface area (Å²) in [5, 5.41) is 14.8. The van der Waals surface area contributed by atoms with Gasteiger partial charge >= 0.3 is 6.03 Å². The fourth-order valence-electron chi connectivity index (χ4n) is 3.15. The summed E-state index contributed by atoms with van der Waals surface area (Å²) in [5.41, 5.74) is 0.0590. The SMILES string of the molecule is C[C@H]1Oc2nc(NC(=O)NC(C)(C)C)c(C#N)cc2N(Cc2cccc(C(F)F)c2)C1=O. The van der Waals surface area contributed by atoms with Gasteiger partial charge in [0.1, 0.15) is 11.8 Å². The fourth-order valence-corrected chi connectivity index (χ4v) is 3.15. The number of hydrogen-bond donors (Lipinski definition) is 2. The predicted octanol–water partition coefficient (Wildman–Crippen LogP) is 4.12. The highest BCUT2D eigenvalue weighted by atomic mass is 19.3. The molecule has 2 aromatic rings. The number of aromatic nitrogens is 1. The van der Waals surface area contributed by atoms with Crippen LogP contribution in [-0.2, 0) is 11.3 Å². The molecule has 1 aliphatic heterocycles. The van der Waals surface area contributed by atoms with Gasteiger partial charge < -0.3 is 10.1 Å². The monoisotopic (exact) mass is 443 g/mol. The molecule has 2 heterocycles. The van der Waals surface area contributed by atoms with Crippen LogP contribution < -0.4 is 20.3 Å². The Balaban J connectivity index is 1.97. The maximum atomic E-state index is 13.1. The minimum atomic E-state index is -2.64. The quantitative estimate of drug-likeness (QED) is 0.739. The Morgan fingerprint density at radius 2 is 2.06 bits per heavy atom. The molecule has 8 nitrogen and oxygen atoms in total. The van der Waals surface area contributed by atoms with E-state index in [2.05, 4.69) is 15.6 Å². The summed E-state index contributed by atoms with van der Waals surface area (Å²) in [4.78, 5) is 30.6. The van der Waals surface area contributed by atoms with Gasteiger partial charge in [-0.1, -0.05) is 18.2 Å². The van der Waals surface area contributed by atoms with Crippen molar-refractivity contribution in [3.63, 3.8) is 0 Å². The Kier molecular flexibility index (Phi) is 6.30. The number of carbonyl (C=O) groups excluding carboxylic acids is 2. The van der Waals surface area contributed by atoms with E-state index >= 15 is 0 Å². The van der Waals surface area contributed by atoms with Crippen molar-refractivity contribution in [3.8, 4) is 11.9 Å². The largest absolute Gasteiger partial charge is 0.463 e. The number of carbonyl (C=O) groups is 2. The van der Waals surface area contributed by atoms with Gasteiger partial charge in [0.15, 0.2) is 11.9 Å². The molecule has 1 aromatic heterocycles. The number of anilines is 2. The minimum Gasteiger partial charge on any atom is -0.463 e. The first-order valence-electron chi connectivity index (χ1n) is 9.88. The Bertz CT molecular complexity index is 1090. The van der Waals surface area contributed by atoms with Crippen molar-refractivity contribution >= 4 is 23.4 Å². The average Bonchev–Trinajstić information content (AvgIpc) is 2.70. The second kappa shape index (κ2) is 8.78. The van der Waals surface area contributed by atoms with E-state index in [1.807, 2.05) is 6.07 Å². The first kappa shape index (κ1) is 22.9. The average molecular weight is 443 g/mol. The molecular formula is C22H23F2N5O3. The lowest BCUT2D eigenvalue weighted by atomic mass is 10.1. The van der Waals surface area contributed by atoms with E-state index in [0.717, 1.165) is 0 Å². The second-order valence-electron chi connectivity index (χ2n) is 8.38. The van der Waals surface area contributed by atoms with Crippen LogP contribution in [0.1, 0.15) is 50.8 Å². The van der Waals surface area contributed by atoms with Gasteiger partial charge in [-0.05, 0) is 45.4 Å². The standard InChI is InChI=1S/C22H23F2N5O3/c1-12-20(30)29(11-13-6-5-7-14(8-13)17(23)24)16-9-15(10-25)18(26-19(16)32-12)27-21(31)28-22(2,3)4/h5-9,12,17H,11H2,1-4H3,(H2,26,27,28,31)/t12-/m1/s1. The number of nitrogens with zero attached hydrogens (tertiary/aromatic N) is 3. The highest BCUT2D eigenvalue weighted by molar-refractivity contribution is 6.00. The Morgan fingerprint density at radius 1 is 1.34 bits per heavy atom. The van der Waals surface area contributed by atoms with Crippen LogP contribution in [0.5, 0.6) is 5.88 Å². The van der Waals surface area contributed by atoms with Gasteiger partial charge in [-0.25, -0.2) is 13.6 Å². The summed E-state index contributed by atoms with van der Waals surface area (Å²) in [6.45, 7) is 6.93. The van der Waals surface area contributed by atoms with Crippen molar-refractivity contribution in [1.82, 2.24) is 10.3 Å². The van der Waals surface area contributed by atoms with Crippen LogP contribution in [0.2, 0.25) is 0 Å². The zero-order valence-electron chi connectivity index (χ0n) is 18.1. The molecule has 0 fully saturated rings. The fraction of sp³-hybridized carbons (Fsp3) is 0.364. The number of fused-ring (bicyclic) bond motifs is 1. The van der Waals surface area contributed by atoms with Gasteiger partial charge in [0.25, 0.3) is 12.3 Å². The highest BCUT2D eigenvalue weighted by Gasteiger charge is 2.34. The van der Waals surface area contributed by atoms with Gasteiger partial charge in [-0.15, -0.1) is 0 Å². The van der Waals surface area contributed by atoms with E-state index < -0.39 is 30.0 Å². The Labute approximate surface area is 184 Å². The molecule has 168 valence electrons. The number of ether oxygens (including phenoxy) is 1. The Hall–Kier alpha value is -3.74. The first-order valence-corrected chi connectivity index (χ1v) is 9.88. The van der Waals surface area contributed by atoms with E-state index in [4.69, 9.17) is 4.74 Å². The number of hydrogen-bond acceptors (Lipinski definition) is 5. The number of alkyl halides is 2. The van der Waals surface area contributed by atoms with Crippen LogP contribution in [0.15, 0.2) is 30.3 Å². The number of halogens is 2. The van der Waals surface area contributed by atoms with Gasteiger partial charge in [-0.2, -0.15) is 10.2 Å². The van der Waals surface area contributed by atoms with E-state index in [1.54, 1.807) is 26.8 Å². The summed E-state index contributed by atoms with van der Waals surface area (Å²) in [7, 11) is 0. The molecule has 0 radical (unpaired) electrons. The van der Waals surface area contributed by atoms with E-state index in [0.29, 0.717) is 5.56 Å². The molecule has 3 amide bonds. The molecule has 1 aliphatic rings. The molecule has 32 heavy (non-hydrogen) atoms. The maximum absolute atomic E-state index is 13.1. The molecule has 0 bridgehead atoms. The topological polar surface area (TPSA) is 107 Å². The lowest BCUT2D eigenvalue weighted by Gasteiger charge is -2.32. The summed E-state index contributed by atoms with van der Waals surface area (Å²) in [6.07, 6.45) is -3.53. The summed E-state index contributed by atoms with van der Waals surface area (Å²) in [5.74, 6) is -0.377. The molecule has 0 saturated heterocycles. The second-order valence-corrected chi connectivity index (χ2v) is 8.38. The van der Waals surface area contributed by atoms with Crippen LogP contribution in [-0.4, -0.2) is 28.6 Å². The molecule has 0 unspecified atom stereocenters. The van der Waals surface area contributed by atoms with Crippen LogP contribution in [0.25, 0.3) is 0 Å². The number of amides is 3. The lowest BCUT2D eigenvalue weighted by Crippen LogP contribution is -2.45. The Morgan fingerprint density at radius 3 is 2.69 bits per heavy atom. The zero-order chi connectivity index (χ0) is 23.6. The first-order chi connectivity index (χ1) is 15.0. The van der Waals surface area contributed by atoms with Crippen molar-refractivity contribution in [2.75, 3.05) is 10.2 Å². The highest BCUT2D eigenvalue weighted by Crippen LogP contribution is 2.36. The zero-order valence-corrected chi connectivity index (χ0v) is 18.1. The number of nitriles is 1. The molecule has 0 aliphatic carbocycles. The maximum Gasteiger partial charge on any atom is 0.320 e. The lowest BCUT2D eigenvalue weighted by molar-refractivity contribution is -0.125. The smallest absolute Gasteiger partial charge is 0.320 e. The third-order valence-electron chi connectivity index (χ3n) is 4.55. The summed E-state index contributed by atoms with van der Waals surface area (Å²) in [6, 6.07) is 8.53. The van der Waals surface area contributed by atoms with Crippen LogP contribution >= 0.6 is 0 Å². The number of nitrogens with one attached hydrogen (secondary N) is 2.